The molecule has 0 aliphatic carbocycles. The van der Waals surface area contributed by atoms with Gasteiger partial charge in [-0.15, -0.1) is 0 Å². The van der Waals surface area contributed by atoms with Crippen molar-refractivity contribution in [1.29, 1.82) is 0 Å². The zero-order valence-corrected chi connectivity index (χ0v) is 12.1. The van der Waals surface area contributed by atoms with Crippen molar-refractivity contribution >= 4 is 29.1 Å². The topological polar surface area (TPSA) is 33.2 Å². The molecule has 0 aliphatic rings. The lowest BCUT2D eigenvalue weighted by Gasteiger charge is -2.18. The van der Waals surface area contributed by atoms with E-state index in [-0.39, 0.29) is 12.1 Å². The second-order valence-electron chi connectivity index (χ2n) is 4.23. The fraction of sp³-hybridized carbons (Fsp3) is 0.143. The molecule has 0 spiro atoms. The van der Waals surface area contributed by atoms with Gasteiger partial charge < -0.3 is 4.90 Å². The van der Waals surface area contributed by atoms with Crippen molar-refractivity contribution in [2.45, 2.75) is 6.54 Å². The molecule has 0 unspecified atom stereocenters. The Labute approximate surface area is 125 Å². The minimum absolute atomic E-state index is 0.0272. The number of amides is 1. The monoisotopic (exact) mass is 312 g/mol. The average molecular weight is 313 g/mol. The maximum atomic E-state index is 13.5. The molecule has 1 aromatic carbocycles. The zero-order chi connectivity index (χ0) is 14.7. The Kier molecular flexibility index (Phi) is 4.57. The van der Waals surface area contributed by atoms with Gasteiger partial charge >= 0.3 is 0 Å². The third-order valence-corrected chi connectivity index (χ3v) is 3.65. The van der Waals surface area contributed by atoms with Crippen molar-refractivity contribution in [1.82, 2.24) is 9.88 Å². The van der Waals surface area contributed by atoms with Crippen LogP contribution in [0.4, 0.5) is 4.39 Å². The van der Waals surface area contributed by atoms with Crippen LogP contribution in [0.1, 0.15) is 15.9 Å². The molecule has 0 radical (unpaired) electrons. The van der Waals surface area contributed by atoms with Crippen molar-refractivity contribution in [3.63, 3.8) is 0 Å². The molecule has 3 nitrogen and oxygen atoms in total. The van der Waals surface area contributed by atoms with E-state index in [2.05, 4.69) is 4.98 Å². The summed E-state index contributed by atoms with van der Waals surface area (Å²) in [4.78, 5) is 17.1. The number of aromatic nitrogens is 1. The van der Waals surface area contributed by atoms with Gasteiger partial charge in [0, 0.05) is 19.8 Å². The number of pyridine rings is 1. The van der Waals surface area contributed by atoms with Gasteiger partial charge in [-0.3, -0.25) is 9.78 Å². The van der Waals surface area contributed by atoms with Crippen LogP contribution in [0.15, 0.2) is 36.7 Å². The summed E-state index contributed by atoms with van der Waals surface area (Å²) in [6, 6.07) is 6.52. The van der Waals surface area contributed by atoms with Crippen LogP contribution < -0.4 is 0 Å². The lowest BCUT2D eigenvalue weighted by Crippen LogP contribution is -2.27. The Morgan fingerprint density at radius 2 is 2.10 bits per heavy atom. The Morgan fingerprint density at radius 1 is 1.35 bits per heavy atom. The van der Waals surface area contributed by atoms with Gasteiger partial charge in [-0.05, 0) is 17.7 Å². The summed E-state index contributed by atoms with van der Waals surface area (Å²) in [7, 11) is 1.57. The van der Waals surface area contributed by atoms with Crippen LogP contribution in [0, 0.1) is 5.82 Å². The van der Waals surface area contributed by atoms with E-state index in [1.54, 1.807) is 25.2 Å². The SMILES string of the molecule is CN(Cc1cccc(Cl)c1Cl)C(=O)c1ccncc1F. The third-order valence-electron chi connectivity index (χ3n) is 2.79. The smallest absolute Gasteiger partial charge is 0.256 e. The van der Waals surface area contributed by atoms with E-state index in [1.807, 2.05) is 0 Å². The van der Waals surface area contributed by atoms with Crippen molar-refractivity contribution in [3.8, 4) is 0 Å². The van der Waals surface area contributed by atoms with Crippen LogP contribution in [-0.4, -0.2) is 22.8 Å². The minimum atomic E-state index is -0.651. The highest BCUT2D eigenvalue weighted by atomic mass is 35.5. The van der Waals surface area contributed by atoms with Crippen molar-refractivity contribution < 1.29 is 9.18 Å². The molecule has 0 fully saturated rings. The molecule has 0 N–H and O–H groups in total. The van der Waals surface area contributed by atoms with Gasteiger partial charge in [0.1, 0.15) is 0 Å². The number of halogens is 3. The number of hydrogen-bond donors (Lipinski definition) is 0. The molecule has 6 heteroatoms. The first kappa shape index (κ1) is 14.8. The summed E-state index contributed by atoms with van der Waals surface area (Å²) in [6.45, 7) is 0.236. The molecule has 20 heavy (non-hydrogen) atoms. The predicted octanol–water partition coefficient (Wildman–Crippen LogP) is 3.80. The van der Waals surface area contributed by atoms with E-state index in [1.165, 1.54) is 17.2 Å². The Balaban J connectivity index is 2.20. The van der Waals surface area contributed by atoms with Crippen LogP contribution in [-0.2, 0) is 6.54 Å². The van der Waals surface area contributed by atoms with Crippen LogP contribution in [0.2, 0.25) is 10.0 Å². The first-order valence-corrected chi connectivity index (χ1v) is 6.54. The van der Waals surface area contributed by atoms with Gasteiger partial charge in [0.25, 0.3) is 5.91 Å². The number of carbonyl (C=O) groups is 1. The lowest BCUT2D eigenvalue weighted by atomic mass is 10.2. The molecule has 1 aromatic heterocycles. The summed E-state index contributed by atoms with van der Waals surface area (Å²) >= 11 is 12.0. The highest BCUT2D eigenvalue weighted by molar-refractivity contribution is 6.42. The van der Waals surface area contributed by atoms with E-state index in [9.17, 15) is 9.18 Å². The van der Waals surface area contributed by atoms with E-state index >= 15 is 0 Å². The molecule has 104 valence electrons. The first-order valence-electron chi connectivity index (χ1n) is 5.78. The molecular formula is C14H11Cl2FN2O. The minimum Gasteiger partial charge on any atom is -0.337 e. The molecule has 2 rings (SSSR count). The molecule has 0 atom stereocenters. The summed E-state index contributed by atoms with van der Waals surface area (Å²) in [5.74, 6) is -1.09. The molecule has 0 saturated heterocycles. The van der Waals surface area contributed by atoms with E-state index < -0.39 is 11.7 Å². The molecule has 1 amide bonds. The van der Waals surface area contributed by atoms with E-state index in [0.717, 1.165) is 6.20 Å². The van der Waals surface area contributed by atoms with Gasteiger partial charge in [-0.2, -0.15) is 0 Å². The normalized spacial score (nSPS) is 10.4. The highest BCUT2D eigenvalue weighted by Crippen LogP contribution is 2.26. The van der Waals surface area contributed by atoms with Gasteiger partial charge in [-0.1, -0.05) is 35.3 Å². The Bertz CT molecular complexity index is 649. The molecular weight excluding hydrogens is 302 g/mol. The Hall–Kier alpha value is -1.65. The number of nitrogens with zero attached hydrogens (tertiary/aromatic N) is 2. The Morgan fingerprint density at radius 3 is 2.80 bits per heavy atom. The standard InChI is InChI=1S/C14H11Cl2FN2O/c1-19(8-9-3-2-4-11(15)13(9)16)14(20)10-5-6-18-7-12(10)17/h2-7H,8H2,1H3. The highest BCUT2D eigenvalue weighted by Gasteiger charge is 2.17. The zero-order valence-electron chi connectivity index (χ0n) is 10.6. The predicted molar refractivity (Wildman–Crippen MR) is 76.5 cm³/mol. The van der Waals surface area contributed by atoms with Gasteiger partial charge in [-0.25, -0.2) is 4.39 Å². The largest absolute Gasteiger partial charge is 0.337 e. The third kappa shape index (κ3) is 3.08. The summed E-state index contributed by atoms with van der Waals surface area (Å²) in [5.41, 5.74) is 0.671. The van der Waals surface area contributed by atoms with Gasteiger partial charge in [0.2, 0.25) is 0 Å². The van der Waals surface area contributed by atoms with E-state index in [0.29, 0.717) is 15.6 Å². The number of carbonyl (C=O) groups excluding carboxylic acids is 1. The average Bonchev–Trinajstić information content (AvgIpc) is 2.43. The maximum Gasteiger partial charge on any atom is 0.256 e. The van der Waals surface area contributed by atoms with Crippen molar-refractivity contribution in [3.05, 3.63) is 63.6 Å². The number of benzene rings is 1. The first-order chi connectivity index (χ1) is 9.50. The molecule has 0 saturated carbocycles. The summed E-state index contributed by atoms with van der Waals surface area (Å²) < 4.78 is 13.5. The molecule has 1 heterocycles. The second-order valence-corrected chi connectivity index (χ2v) is 5.01. The molecule has 2 aromatic rings. The van der Waals surface area contributed by atoms with E-state index in [4.69, 9.17) is 23.2 Å². The fourth-order valence-corrected chi connectivity index (χ4v) is 2.13. The molecule has 0 bridgehead atoms. The van der Waals surface area contributed by atoms with Gasteiger partial charge in [0.05, 0.1) is 21.8 Å². The number of hydrogen-bond acceptors (Lipinski definition) is 2. The van der Waals surface area contributed by atoms with Crippen LogP contribution in [0.3, 0.4) is 0 Å². The summed E-state index contributed by atoms with van der Waals surface area (Å²) in [6.07, 6.45) is 2.38. The summed E-state index contributed by atoms with van der Waals surface area (Å²) in [5, 5.41) is 0.809. The van der Waals surface area contributed by atoms with Crippen LogP contribution >= 0.6 is 23.2 Å². The lowest BCUT2D eigenvalue weighted by molar-refractivity contribution is 0.0780. The van der Waals surface area contributed by atoms with Gasteiger partial charge in [0.15, 0.2) is 5.82 Å². The van der Waals surface area contributed by atoms with Crippen molar-refractivity contribution in [2.24, 2.45) is 0 Å². The van der Waals surface area contributed by atoms with Crippen LogP contribution in [0.25, 0.3) is 0 Å². The second kappa shape index (κ2) is 6.20. The quantitative estimate of drug-likeness (QED) is 0.863. The fourth-order valence-electron chi connectivity index (χ4n) is 1.75. The molecule has 0 aliphatic heterocycles. The van der Waals surface area contributed by atoms with Crippen LogP contribution in [0.5, 0.6) is 0 Å². The number of rotatable bonds is 3. The van der Waals surface area contributed by atoms with Crippen molar-refractivity contribution in [2.75, 3.05) is 7.05 Å². The maximum absolute atomic E-state index is 13.5.